The summed E-state index contributed by atoms with van der Waals surface area (Å²) in [6.07, 6.45) is 2.97. The Morgan fingerprint density at radius 3 is 3.00 bits per heavy atom. The Hall–Kier alpha value is -0.770. The van der Waals surface area contributed by atoms with Crippen LogP contribution < -0.4 is 5.32 Å². The fourth-order valence-electron chi connectivity index (χ4n) is 0.872. The Balaban J connectivity index is 2.56. The molecule has 0 spiro atoms. The van der Waals surface area contributed by atoms with Crippen LogP contribution >= 0.6 is 11.8 Å². The van der Waals surface area contributed by atoms with Gasteiger partial charge in [0.2, 0.25) is 5.95 Å². The van der Waals surface area contributed by atoms with Crippen molar-refractivity contribution in [2.75, 3.05) is 17.6 Å². The first-order valence-corrected chi connectivity index (χ1v) is 5.55. The molecule has 0 saturated carbocycles. The van der Waals surface area contributed by atoms with Gasteiger partial charge < -0.3 is 5.32 Å². The molecule has 0 aliphatic rings. The number of rotatable bonds is 5. The van der Waals surface area contributed by atoms with E-state index in [0.29, 0.717) is 0 Å². The lowest BCUT2D eigenvalue weighted by molar-refractivity contribution is 1.01. The van der Waals surface area contributed by atoms with Crippen molar-refractivity contribution < 1.29 is 0 Å². The van der Waals surface area contributed by atoms with E-state index in [9.17, 15) is 0 Å². The zero-order valence-electron chi connectivity index (χ0n) is 8.08. The van der Waals surface area contributed by atoms with Crippen molar-refractivity contribution in [2.45, 2.75) is 25.3 Å². The van der Waals surface area contributed by atoms with E-state index >= 15 is 0 Å². The molecule has 1 heterocycles. The van der Waals surface area contributed by atoms with E-state index in [1.165, 1.54) is 6.42 Å². The number of anilines is 1. The molecule has 4 heteroatoms. The first-order chi connectivity index (χ1) is 6.36. The molecule has 1 N–H and O–H groups in total. The number of hydrogen-bond acceptors (Lipinski definition) is 4. The van der Waals surface area contributed by atoms with Crippen LogP contribution in [0.15, 0.2) is 17.3 Å². The third kappa shape index (κ3) is 3.63. The summed E-state index contributed by atoms with van der Waals surface area (Å²) in [7, 11) is 0. The second-order valence-electron chi connectivity index (χ2n) is 2.60. The molecule has 0 aromatic carbocycles. The highest BCUT2D eigenvalue weighted by molar-refractivity contribution is 7.99. The van der Waals surface area contributed by atoms with Gasteiger partial charge in [0.1, 0.15) is 5.03 Å². The minimum Gasteiger partial charge on any atom is -0.354 e. The number of nitrogens with zero attached hydrogens (tertiary/aromatic N) is 2. The molecule has 0 unspecified atom stereocenters. The molecule has 0 atom stereocenters. The fraction of sp³-hybridized carbons (Fsp3) is 0.556. The Morgan fingerprint density at radius 2 is 2.31 bits per heavy atom. The van der Waals surface area contributed by atoms with Gasteiger partial charge in [0.25, 0.3) is 0 Å². The van der Waals surface area contributed by atoms with E-state index in [1.807, 2.05) is 13.0 Å². The highest BCUT2D eigenvalue weighted by atomic mass is 32.2. The summed E-state index contributed by atoms with van der Waals surface area (Å²) in [4.78, 5) is 8.44. The van der Waals surface area contributed by atoms with Crippen LogP contribution in [0, 0.1) is 0 Å². The Bertz CT molecular complexity index is 252. The second-order valence-corrected chi connectivity index (χ2v) is 3.71. The minimum atomic E-state index is 0.726. The van der Waals surface area contributed by atoms with Crippen LogP contribution in [0.25, 0.3) is 0 Å². The molecule has 0 saturated heterocycles. The van der Waals surface area contributed by atoms with Gasteiger partial charge in [-0.3, -0.25) is 0 Å². The second kappa shape index (κ2) is 5.80. The monoisotopic (exact) mass is 197 g/mol. The van der Waals surface area contributed by atoms with E-state index in [1.54, 1.807) is 18.0 Å². The summed E-state index contributed by atoms with van der Waals surface area (Å²) >= 11 is 1.77. The molecule has 3 nitrogen and oxygen atoms in total. The van der Waals surface area contributed by atoms with Crippen LogP contribution in [0.2, 0.25) is 0 Å². The maximum Gasteiger partial charge on any atom is 0.223 e. The van der Waals surface area contributed by atoms with E-state index in [4.69, 9.17) is 0 Å². The lowest BCUT2D eigenvalue weighted by Gasteiger charge is -2.02. The van der Waals surface area contributed by atoms with Crippen LogP contribution in [0.3, 0.4) is 0 Å². The molecule has 0 bridgehead atoms. The van der Waals surface area contributed by atoms with E-state index < -0.39 is 0 Å². The van der Waals surface area contributed by atoms with Gasteiger partial charge in [0.15, 0.2) is 0 Å². The SMILES string of the molecule is CCCSc1ccnc(NCC)n1. The Kier molecular flexibility index (Phi) is 4.60. The van der Waals surface area contributed by atoms with Crippen LogP contribution in [0.5, 0.6) is 0 Å². The van der Waals surface area contributed by atoms with Gasteiger partial charge in [-0.05, 0) is 25.2 Å². The number of hydrogen-bond donors (Lipinski definition) is 1. The van der Waals surface area contributed by atoms with Crippen LogP contribution in [0.1, 0.15) is 20.3 Å². The fourth-order valence-corrected chi connectivity index (χ4v) is 1.59. The molecule has 1 aromatic heterocycles. The van der Waals surface area contributed by atoms with Crippen LogP contribution in [-0.2, 0) is 0 Å². The lowest BCUT2D eigenvalue weighted by atomic mass is 10.6. The highest BCUT2D eigenvalue weighted by Gasteiger charge is 1.97. The molecule has 0 amide bonds. The normalized spacial score (nSPS) is 10.0. The van der Waals surface area contributed by atoms with Crippen molar-refractivity contribution in [1.29, 1.82) is 0 Å². The summed E-state index contributed by atoms with van der Waals surface area (Å²) in [5, 5.41) is 4.14. The standard InChI is InChI=1S/C9H15N3S/c1-3-7-13-8-5-6-11-9(12-8)10-4-2/h5-6H,3-4,7H2,1-2H3,(H,10,11,12). The smallest absolute Gasteiger partial charge is 0.223 e. The predicted octanol–water partition coefficient (Wildman–Crippen LogP) is 2.41. The van der Waals surface area contributed by atoms with Gasteiger partial charge in [-0.2, -0.15) is 0 Å². The number of thioether (sulfide) groups is 1. The predicted molar refractivity (Wildman–Crippen MR) is 57.2 cm³/mol. The summed E-state index contributed by atoms with van der Waals surface area (Å²) in [5.74, 6) is 1.84. The lowest BCUT2D eigenvalue weighted by Crippen LogP contribution is -2.01. The zero-order valence-corrected chi connectivity index (χ0v) is 8.90. The Labute approximate surface area is 83.4 Å². The van der Waals surface area contributed by atoms with Crippen molar-refractivity contribution in [1.82, 2.24) is 9.97 Å². The van der Waals surface area contributed by atoms with Crippen molar-refractivity contribution in [2.24, 2.45) is 0 Å². The van der Waals surface area contributed by atoms with Crippen molar-refractivity contribution >= 4 is 17.7 Å². The van der Waals surface area contributed by atoms with Gasteiger partial charge in [-0.1, -0.05) is 6.92 Å². The van der Waals surface area contributed by atoms with E-state index in [0.717, 1.165) is 23.3 Å². The maximum atomic E-state index is 4.34. The Morgan fingerprint density at radius 1 is 1.46 bits per heavy atom. The average Bonchev–Trinajstić information content (AvgIpc) is 2.16. The first kappa shape index (κ1) is 10.3. The van der Waals surface area contributed by atoms with Gasteiger partial charge in [-0.25, -0.2) is 9.97 Å². The van der Waals surface area contributed by atoms with Gasteiger partial charge in [-0.15, -0.1) is 11.8 Å². The summed E-state index contributed by atoms with van der Waals surface area (Å²) in [6, 6.07) is 1.95. The molecule has 0 aliphatic heterocycles. The van der Waals surface area contributed by atoms with Crippen LogP contribution in [0.4, 0.5) is 5.95 Å². The molecule has 1 rings (SSSR count). The molecule has 13 heavy (non-hydrogen) atoms. The third-order valence-corrected chi connectivity index (χ3v) is 2.55. The first-order valence-electron chi connectivity index (χ1n) is 4.56. The molecule has 72 valence electrons. The van der Waals surface area contributed by atoms with Crippen molar-refractivity contribution in [3.63, 3.8) is 0 Å². The molecule has 0 fully saturated rings. The molecule has 0 radical (unpaired) electrons. The number of nitrogens with one attached hydrogen (secondary N) is 1. The van der Waals surface area contributed by atoms with Crippen LogP contribution in [-0.4, -0.2) is 22.3 Å². The molecule has 1 aromatic rings. The molecule has 0 aliphatic carbocycles. The maximum absolute atomic E-state index is 4.34. The summed E-state index contributed by atoms with van der Waals surface area (Å²) in [5.41, 5.74) is 0. The summed E-state index contributed by atoms with van der Waals surface area (Å²) in [6.45, 7) is 5.07. The summed E-state index contributed by atoms with van der Waals surface area (Å²) < 4.78 is 0. The van der Waals surface area contributed by atoms with Crippen molar-refractivity contribution in [3.8, 4) is 0 Å². The van der Waals surface area contributed by atoms with Gasteiger partial charge in [0.05, 0.1) is 0 Å². The largest absolute Gasteiger partial charge is 0.354 e. The van der Waals surface area contributed by atoms with Crippen molar-refractivity contribution in [3.05, 3.63) is 12.3 Å². The molecular formula is C9H15N3S. The number of aromatic nitrogens is 2. The highest BCUT2D eigenvalue weighted by Crippen LogP contribution is 2.16. The molecular weight excluding hydrogens is 182 g/mol. The topological polar surface area (TPSA) is 37.8 Å². The van der Waals surface area contributed by atoms with Gasteiger partial charge in [0, 0.05) is 12.7 Å². The minimum absolute atomic E-state index is 0.726. The quantitative estimate of drug-likeness (QED) is 0.581. The average molecular weight is 197 g/mol. The van der Waals surface area contributed by atoms with Gasteiger partial charge >= 0.3 is 0 Å². The zero-order chi connectivity index (χ0) is 9.52. The van der Waals surface area contributed by atoms with E-state index in [2.05, 4.69) is 22.2 Å². The third-order valence-electron chi connectivity index (χ3n) is 1.42. The van der Waals surface area contributed by atoms with E-state index in [-0.39, 0.29) is 0 Å².